The Hall–Kier alpha value is -1.78. The van der Waals surface area contributed by atoms with Gasteiger partial charge in [-0.2, -0.15) is 0 Å². The second-order valence-corrected chi connectivity index (χ2v) is 4.41. The zero-order valence-electron chi connectivity index (χ0n) is 9.07. The number of nitro benzene ring substituents is 1. The number of anilines is 2. The summed E-state index contributed by atoms with van der Waals surface area (Å²) in [7, 11) is 0. The van der Waals surface area contributed by atoms with Gasteiger partial charge in [0.1, 0.15) is 5.69 Å². The van der Waals surface area contributed by atoms with E-state index in [-0.39, 0.29) is 16.9 Å². The van der Waals surface area contributed by atoms with Crippen LogP contribution in [0.3, 0.4) is 0 Å². The SMILES string of the molecule is CC(C)(C)Nc1ccc([N+](=O)[O-])c(N)c1. The molecule has 3 N–H and O–H groups in total. The number of hydrogen-bond acceptors (Lipinski definition) is 4. The molecule has 1 aromatic carbocycles. The van der Waals surface area contributed by atoms with Gasteiger partial charge in [0.05, 0.1) is 4.92 Å². The molecule has 0 amide bonds. The summed E-state index contributed by atoms with van der Waals surface area (Å²) >= 11 is 0. The number of nitrogens with zero attached hydrogens (tertiary/aromatic N) is 1. The quantitative estimate of drug-likeness (QED) is 0.445. The van der Waals surface area contributed by atoms with Gasteiger partial charge in [0.15, 0.2) is 0 Å². The Balaban J connectivity index is 2.97. The summed E-state index contributed by atoms with van der Waals surface area (Å²) in [6.45, 7) is 6.01. The molecular formula is C10H15N3O2. The lowest BCUT2D eigenvalue weighted by molar-refractivity contribution is -0.383. The predicted octanol–water partition coefficient (Wildman–Crippen LogP) is 2.39. The van der Waals surface area contributed by atoms with Crippen molar-refractivity contribution in [2.75, 3.05) is 11.1 Å². The first kappa shape index (κ1) is 11.3. The van der Waals surface area contributed by atoms with Crippen LogP contribution in [0.5, 0.6) is 0 Å². The first-order valence-corrected chi connectivity index (χ1v) is 4.62. The van der Waals surface area contributed by atoms with Gasteiger partial charge in [-0.15, -0.1) is 0 Å². The molecule has 0 aliphatic carbocycles. The summed E-state index contributed by atoms with van der Waals surface area (Å²) in [6, 6.07) is 4.63. The zero-order chi connectivity index (χ0) is 11.6. The third-order valence-corrected chi connectivity index (χ3v) is 1.74. The van der Waals surface area contributed by atoms with Gasteiger partial charge in [-0.05, 0) is 32.9 Å². The highest BCUT2D eigenvalue weighted by atomic mass is 16.6. The summed E-state index contributed by atoms with van der Waals surface area (Å²) in [6.07, 6.45) is 0. The molecule has 82 valence electrons. The van der Waals surface area contributed by atoms with Crippen LogP contribution in [0.4, 0.5) is 17.1 Å². The van der Waals surface area contributed by atoms with E-state index in [0.29, 0.717) is 0 Å². The highest BCUT2D eigenvalue weighted by molar-refractivity contribution is 5.66. The minimum absolute atomic E-state index is 0.0607. The fourth-order valence-electron chi connectivity index (χ4n) is 1.23. The molecule has 0 atom stereocenters. The molecule has 0 aromatic heterocycles. The minimum atomic E-state index is -0.490. The lowest BCUT2D eigenvalue weighted by Crippen LogP contribution is -2.26. The molecule has 0 heterocycles. The smallest absolute Gasteiger partial charge is 0.292 e. The summed E-state index contributed by atoms with van der Waals surface area (Å²) in [5.74, 6) is 0. The molecule has 5 nitrogen and oxygen atoms in total. The van der Waals surface area contributed by atoms with Gasteiger partial charge < -0.3 is 11.1 Å². The highest BCUT2D eigenvalue weighted by Crippen LogP contribution is 2.26. The van der Waals surface area contributed by atoms with Crippen molar-refractivity contribution in [3.05, 3.63) is 28.3 Å². The molecule has 0 radical (unpaired) electrons. The van der Waals surface area contributed by atoms with Crippen molar-refractivity contribution in [1.29, 1.82) is 0 Å². The molecule has 0 saturated heterocycles. The molecule has 1 aromatic rings. The van der Waals surface area contributed by atoms with Crippen LogP contribution in [0, 0.1) is 10.1 Å². The number of nitrogens with two attached hydrogens (primary N) is 1. The largest absolute Gasteiger partial charge is 0.393 e. The lowest BCUT2D eigenvalue weighted by Gasteiger charge is -2.22. The van der Waals surface area contributed by atoms with Crippen LogP contribution in [0.1, 0.15) is 20.8 Å². The first-order chi connectivity index (χ1) is 6.79. The number of hydrogen-bond donors (Lipinski definition) is 2. The van der Waals surface area contributed by atoms with Crippen LogP contribution < -0.4 is 11.1 Å². The Morgan fingerprint density at radius 1 is 1.40 bits per heavy atom. The van der Waals surface area contributed by atoms with Gasteiger partial charge in [-0.25, -0.2) is 0 Å². The van der Waals surface area contributed by atoms with Crippen LogP contribution in [0.2, 0.25) is 0 Å². The van der Waals surface area contributed by atoms with Gasteiger partial charge in [-0.1, -0.05) is 0 Å². The van der Waals surface area contributed by atoms with Gasteiger partial charge in [0.2, 0.25) is 0 Å². The van der Waals surface area contributed by atoms with E-state index in [9.17, 15) is 10.1 Å². The van der Waals surface area contributed by atoms with E-state index in [1.165, 1.54) is 6.07 Å². The normalized spacial score (nSPS) is 11.1. The van der Waals surface area contributed by atoms with Crippen LogP contribution in [-0.2, 0) is 0 Å². The molecular weight excluding hydrogens is 194 g/mol. The van der Waals surface area contributed by atoms with Crippen LogP contribution >= 0.6 is 0 Å². The molecule has 0 bridgehead atoms. The molecule has 0 spiro atoms. The Labute approximate surface area is 88.4 Å². The Morgan fingerprint density at radius 2 is 2.00 bits per heavy atom. The van der Waals surface area contributed by atoms with Crippen molar-refractivity contribution in [2.24, 2.45) is 0 Å². The molecule has 0 aliphatic rings. The molecule has 0 saturated carbocycles. The van der Waals surface area contributed by atoms with E-state index in [1.807, 2.05) is 20.8 Å². The zero-order valence-corrected chi connectivity index (χ0v) is 9.07. The maximum absolute atomic E-state index is 10.5. The van der Waals surface area contributed by atoms with Crippen molar-refractivity contribution in [2.45, 2.75) is 26.3 Å². The molecule has 0 unspecified atom stereocenters. The Bertz CT molecular complexity index is 383. The fourth-order valence-corrected chi connectivity index (χ4v) is 1.23. The maximum Gasteiger partial charge on any atom is 0.292 e. The number of benzene rings is 1. The van der Waals surface area contributed by atoms with Gasteiger partial charge in [0, 0.05) is 17.3 Å². The van der Waals surface area contributed by atoms with Crippen molar-refractivity contribution < 1.29 is 4.92 Å². The predicted molar refractivity (Wildman–Crippen MR) is 60.9 cm³/mol. The second-order valence-electron chi connectivity index (χ2n) is 4.41. The third kappa shape index (κ3) is 3.12. The van der Waals surface area contributed by atoms with Gasteiger partial charge in [0.25, 0.3) is 5.69 Å². The maximum atomic E-state index is 10.5. The topological polar surface area (TPSA) is 81.2 Å². The van der Waals surface area contributed by atoms with Crippen molar-refractivity contribution >= 4 is 17.1 Å². The van der Waals surface area contributed by atoms with E-state index in [1.54, 1.807) is 12.1 Å². The standard InChI is InChI=1S/C10H15N3O2/c1-10(2,3)12-7-4-5-9(13(14)15)8(11)6-7/h4-6,12H,11H2,1-3H3. The lowest BCUT2D eigenvalue weighted by atomic mass is 10.1. The first-order valence-electron chi connectivity index (χ1n) is 4.62. The van der Waals surface area contributed by atoms with Crippen LogP contribution in [0.25, 0.3) is 0 Å². The van der Waals surface area contributed by atoms with E-state index < -0.39 is 4.92 Å². The number of nitro groups is 1. The summed E-state index contributed by atoms with van der Waals surface area (Å²) in [5, 5.41) is 13.7. The molecule has 0 fully saturated rings. The van der Waals surface area contributed by atoms with Gasteiger partial charge in [-0.3, -0.25) is 10.1 Å². The second kappa shape index (κ2) is 3.76. The van der Waals surface area contributed by atoms with Crippen molar-refractivity contribution in [1.82, 2.24) is 0 Å². The summed E-state index contributed by atoms with van der Waals surface area (Å²) in [5.41, 5.74) is 6.36. The molecule has 0 aliphatic heterocycles. The Kier molecular flexibility index (Phi) is 2.83. The highest BCUT2D eigenvalue weighted by Gasteiger charge is 2.14. The number of rotatable bonds is 2. The third-order valence-electron chi connectivity index (χ3n) is 1.74. The average molecular weight is 209 g/mol. The van der Waals surface area contributed by atoms with Crippen LogP contribution in [0.15, 0.2) is 18.2 Å². The average Bonchev–Trinajstić information content (AvgIpc) is 1.99. The van der Waals surface area contributed by atoms with Gasteiger partial charge >= 0.3 is 0 Å². The summed E-state index contributed by atoms with van der Waals surface area (Å²) < 4.78 is 0. The van der Waals surface area contributed by atoms with E-state index in [0.717, 1.165) is 5.69 Å². The van der Waals surface area contributed by atoms with E-state index >= 15 is 0 Å². The Morgan fingerprint density at radius 3 is 2.40 bits per heavy atom. The minimum Gasteiger partial charge on any atom is -0.393 e. The van der Waals surface area contributed by atoms with Crippen molar-refractivity contribution in [3.8, 4) is 0 Å². The number of nitrogen functional groups attached to an aromatic ring is 1. The number of nitrogens with one attached hydrogen (secondary N) is 1. The van der Waals surface area contributed by atoms with E-state index in [2.05, 4.69) is 5.32 Å². The molecule has 15 heavy (non-hydrogen) atoms. The van der Waals surface area contributed by atoms with E-state index in [4.69, 9.17) is 5.73 Å². The summed E-state index contributed by atoms with van der Waals surface area (Å²) in [4.78, 5) is 10.0. The monoisotopic (exact) mass is 209 g/mol. The fraction of sp³-hybridized carbons (Fsp3) is 0.400. The van der Waals surface area contributed by atoms with Crippen LogP contribution in [-0.4, -0.2) is 10.5 Å². The van der Waals surface area contributed by atoms with Crippen molar-refractivity contribution in [3.63, 3.8) is 0 Å². The molecule has 5 heteroatoms. The molecule has 1 rings (SSSR count).